The third kappa shape index (κ3) is 2.47. The highest BCUT2D eigenvalue weighted by molar-refractivity contribution is 7.81. The summed E-state index contributed by atoms with van der Waals surface area (Å²) in [6.45, 7) is 0. The number of thiocarbonyl (C=S) groups is 1. The first-order valence-electron chi connectivity index (χ1n) is 8.65. The summed E-state index contributed by atoms with van der Waals surface area (Å²) in [5.74, 6) is -1.86. The summed E-state index contributed by atoms with van der Waals surface area (Å²) in [6.07, 6.45) is 1.96. The summed E-state index contributed by atoms with van der Waals surface area (Å²) in [4.78, 5) is 16.3. The van der Waals surface area contributed by atoms with Crippen molar-refractivity contribution in [3.05, 3.63) is 53.6 Å². The van der Waals surface area contributed by atoms with Crippen molar-refractivity contribution in [2.24, 2.45) is 0 Å². The molecule has 0 bridgehead atoms. The van der Waals surface area contributed by atoms with Gasteiger partial charge >= 0.3 is 0 Å². The molecular formula is C20H15F2N3O2S. The van der Waals surface area contributed by atoms with Crippen LogP contribution in [-0.2, 0) is 4.79 Å². The Labute approximate surface area is 165 Å². The van der Waals surface area contributed by atoms with Crippen molar-refractivity contribution >= 4 is 34.6 Å². The Kier molecular flexibility index (Phi) is 4.27. The highest BCUT2D eigenvalue weighted by Crippen LogP contribution is 2.48. The van der Waals surface area contributed by atoms with Crippen LogP contribution in [0.4, 0.5) is 20.2 Å². The number of nitriles is 1. The van der Waals surface area contributed by atoms with E-state index in [1.54, 1.807) is 23.1 Å². The largest absolute Gasteiger partial charge is 0.495 e. The molecule has 1 saturated heterocycles. The molecular weight excluding hydrogens is 384 g/mol. The molecule has 2 fully saturated rings. The molecule has 1 spiro atoms. The number of nitrogens with zero attached hydrogens (tertiary/aromatic N) is 3. The fourth-order valence-corrected chi connectivity index (χ4v) is 4.21. The fraction of sp³-hybridized carbons (Fsp3) is 0.250. The number of rotatable bonds is 3. The molecule has 1 heterocycles. The third-order valence-electron chi connectivity index (χ3n) is 5.32. The van der Waals surface area contributed by atoms with E-state index >= 15 is 0 Å². The van der Waals surface area contributed by atoms with Gasteiger partial charge in [-0.15, -0.1) is 0 Å². The lowest BCUT2D eigenvalue weighted by atomic mass is 9.75. The molecule has 1 aliphatic carbocycles. The Morgan fingerprint density at radius 1 is 1.14 bits per heavy atom. The quantitative estimate of drug-likeness (QED) is 0.733. The van der Waals surface area contributed by atoms with E-state index in [0.29, 0.717) is 35.5 Å². The number of hydrogen-bond acceptors (Lipinski definition) is 4. The zero-order valence-electron chi connectivity index (χ0n) is 14.9. The van der Waals surface area contributed by atoms with Crippen molar-refractivity contribution in [2.75, 3.05) is 16.9 Å². The first-order valence-corrected chi connectivity index (χ1v) is 9.06. The van der Waals surface area contributed by atoms with Gasteiger partial charge in [0.15, 0.2) is 16.7 Å². The average molecular weight is 399 g/mol. The van der Waals surface area contributed by atoms with Crippen LogP contribution in [0.15, 0.2) is 36.4 Å². The molecule has 1 saturated carbocycles. The van der Waals surface area contributed by atoms with Crippen LogP contribution in [-0.4, -0.2) is 23.7 Å². The molecule has 0 unspecified atom stereocenters. The number of amides is 1. The van der Waals surface area contributed by atoms with Crippen molar-refractivity contribution in [1.82, 2.24) is 0 Å². The number of hydrogen-bond donors (Lipinski definition) is 0. The molecule has 0 aromatic heterocycles. The minimum atomic E-state index is -0.999. The van der Waals surface area contributed by atoms with E-state index in [4.69, 9.17) is 22.2 Å². The first-order chi connectivity index (χ1) is 13.4. The molecule has 1 aliphatic heterocycles. The van der Waals surface area contributed by atoms with Crippen molar-refractivity contribution in [2.45, 2.75) is 24.8 Å². The van der Waals surface area contributed by atoms with Gasteiger partial charge in [-0.05, 0) is 55.7 Å². The maximum atomic E-state index is 13.8. The molecule has 1 amide bonds. The number of anilines is 2. The minimum absolute atomic E-state index is 0.183. The van der Waals surface area contributed by atoms with E-state index in [-0.39, 0.29) is 11.0 Å². The summed E-state index contributed by atoms with van der Waals surface area (Å²) in [7, 11) is 1.44. The van der Waals surface area contributed by atoms with Crippen LogP contribution in [0.5, 0.6) is 5.75 Å². The summed E-state index contributed by atoms with van der Waals surface area (Å²) >= 11 is 5.58. The van der Waals surface area contributed by atoms with Crippen LogP contribution in [0.3, 0.4) is 0 Å². The molecule has 8 heteroatoms. The Bertz CT molecular complexity index is 1050. The number of benzene rings is 2. The molecule has 28 heavy (non-hydrogen) atoms. The normalized spacial score (nSPS) is 17.6. The smallest absolute Gasteiger partial charge is 0.259 e. The van der Waals surface area contributed by atoms with Crippen LogP contribution in [0.25, 0.3) is 0 Å². The van der Waals surface area contributed by atoms with Crippen LogP contribution in [0.2, 0.25) is 0 Å². The summed E-state index contributed by atoms with van der Waals surface area (Å²) in [5.41, 5.74) is 0.226. The number of carbonyl (C=O) groups is 1. The van der Waals surface area contributed by atoms with Gasteiger partial charge in [0.1, 0.15) is 17.4 Å². The maximum Gasteiger partial charge on any atom is 0.259 e. The molecule has 2 aliphatic rings. The zero-order chi connectivity index (χ0) is 20.1. The number of carbonyl (C=O) groups excluding carboxylic acids is 1. The van der Waals surface area contributed by atoms with E-state index in [1.807, 2.05) is 6.07 Å². The fourth-order valence-electron chi connectivity index (χ4n) is 3.74. The topological polar surface area (TPSA) is 56.6 Å². The Morgan fingerprint density at radius 2 is 1.86 bits per heavy atom. The minimum Gasteiger partial charge on any atom is -0.495 e. The highest BCUT2D eigenvalue weighted by atomic mass is 32.1. The van der Waals surface area contributed by atoms with Crippen molar-refractivity contribution in [1.29, 1.82) is 5.26 Å². The lowest BCUT2D eigenvalue weighted by molar-refractivity contribution is -0.123. The van der Waals surface area contributed by atoms with E-state index in [1.165, 1.54) is 18.1 Å². The van der Waals surface area contributed by atoms with Gasteiger partial charge in [0.25, 0.3) is 5.91 Å². The van der Waals surface area contributed by atoms with Crippen LogP contribution in [0, 0.1) is 23.0 Å². The lowest BCUT2D eigenvalue weighted by Crippen LogP contribution is -2.55. The molecule has 0 atom stereocenters. The summed E-state index contributed by atoms with van der Waals surface area (Å²) in [6, 6.07) is 10.3. The number of ether oxygens (including phenoxy) is 1. The third-order valence-corrected chi connectivity index (χ3v) is 5.68. The second kappa shape index (κ2) is 6.53. The second-order valence-corrected chi connectivity index (χ2v) is 7.10. The molecule has 2 aromatic carbocycles. The molecule has 0 radical (unpaired) electrons. The van der Waals surface area contributed by atoms with Crippen LogP contribution >= 0.6 is 12.2 Å². The second-order valence-electron chi connectivity index (χ2n) is 6.74. The Balaban J connectivity index is 1.81. The summed E-state index contributed by atoms with van der Waals surface area (Å²) < 4.78 is 32.5. The molecule has 142 valence electrons. The van der Waals surface area contributed by atoms with Gasteiger partial charge in [0.05, 0.1) is 18.4 Å². The molecule has 2 aromatic rings. The molecule has 0 N–H and O–H groups in total. The highest BCUT2D eigenvalue weighted by Gasteiger charge is 2.59. The molecule has 5 nitrogen and oxygen atoms in total. The summed E-state index contributed by atoms with van der Waals surface area (Å²) in [5, 5.41) is 9.35. The standard InChI is InChI=1S/C20H15F2N3O2S/c1-27-17-10-13(4-3-12(17)11-23)24-18(26)20(7-2-8-20)25(19(24)28)14-5-6-15(21)16(22)9-14/h3-6,9-10H,2,7-8H2,1H3. The van der Waals surface area contributed by atoms with Gasteiger partial charge in [-0.1, -0.05) is 0 Å². The predicted molar refractivity (Wildman–Crippen MR) is 103 cm³/mol. The maximum absolute atomic E-state index is 13.8. The van der Waals surface area contributed by atoms with Crippen LogP contribution in [0.1, 0.15) is 24.8 Å². The van der Waals surface area contributed by atoms with Gasteiger partial charge in [-0.3, -0.25) is 9.69 Å². The van der Waals surface area contributed by atoms with E-state index in [2.05, 4.69) is 0 Å². The van der Waals surface area contributed by atoms with E-state index in [9.17, 15) is 13.6 Å². The SMILES string of the molecule is COc1cc(N2C(=O)C3(CCC3)N(c3ccc(F)c(F)c3)C2=S)ccc1C#N. The van der Waals surface area contributed by atoms with E-state index < -0.39 is 17.2 Å². The number of halogens is 2. The van der Waals surface area contributed by atoms with Gasteiger partial charge in [0, 0.05) is 17.8 Å². The predicted octanol–water partition coefficient (Wildman–Crippen LogP) is 3.91. The Morgan fingerprint density at radius 3 is 2.43 bits per heavy atom. The first kappa shape index (κ1) is 18.3. The van der Waals surface area contributed by atoms with Crippen molar-refractivity contribution in [3.8, 4) is 11.8 Å². The molecule has 4 rings (SSSR count). The van der Waals surface area contributed by atoms with Gasteiger partial charge in [-0.25, -0.2) is 8.78 Å². The van der Waals surface area contributed by atoms with E-state index in [0.717, 1.165) is 18.6 Å². The van der Waals surface area contributed by atoms with Gasteiger partial charge in [-0.2, -0.15) is 5.26 Å². The van der Waals surface area contributed by atoms with Crippen molar-refractivity contribution in [3.63, 3.8) is 0 Å². The Hall–Kier alpha value is -3.05. The van der Waals surface area contributed by atoms with Gasteiger partial charge in [0.2, 0.25) is 0 Å². The van der Waals surface area contributed by atoms with Gasteiger partial charge < -0.3 is 9.64 Å². The number of methoxy groups -OCH3 is 1. The van der Waals surface area contributed by atoms with Crippen LogP contribution < -0.4 is 14.5 Å². The van der Waals surface area contributed by atoms with Crippen molar-refractivity contribution < 1.29 is 18.3 Å². The monoisotopic (exact) mass is 399 g/mol. The average Bonchev–Trinajstić information content (AvgIpc) is 2.90. The lowest BCUT2D eigenvalue weighted by Gasteiger charge is -2.43. The zero-order valence-corrected chi connectivity index (χ0v) is 15.7.